The van der Waals surface area contributed by atoms with Gasteiger partial charge in [0, 0.05) is 10.4 Å². The molecular formula is C11H13Cl2F. The monoisotopic (exact) mass is 234 g/mol. The number of hydrogen-bond acceptors (Lipinski definition) is 0. The largest absolute Gasteiger partial charge is 0.207 e. The van der Waals surface area contributed by atoms with Crippen LogP contribution in [0.1, 0.15) is 25.3 Å². The van der Waals surface area contributed by atoms with Gasteiger partial charge >= 0.3 is 0 Å². The van der Waals surface area contributed by atoms with Crippen molar-refractivity contribution in [2.45, 2.75) is 31.6 Å². The summed E-state index contributed by atoms with van der Waals surface area (Å²) in [6, 6.07) is 4.49. The summed E-state index contributed by atoms with van der Waals surface area (Å²) in [5, 5.41) is 0.668. The second kappa shape index (κ2) is 5.57. The molecule has 0 aromatic heterocycles. The lowest BCUT2D eigenvalue weighted by atomic mass is 10.1. The molecule has 0 saturated heterocycles. The summed E-state index contributed by atoms with van der Waals surface area (Å²) in [4.78, 5) is 0. The molecule has 1 unspecified atom stereocenters. The van der Waals surface area contributed by atoms with Gasteiger partial charge in [-0.15, -0.1) is 11.6 Å². The van der Waals surface area contributed by atoms with Crippen molar-refractivity contribution in [2.24, 2.45) is 0 Å². The zero-order valence-electron chi connectivity index (χ0n) is 8.06. The molecule has 0 nitrogen and oxygen atoms in total. The summed E-state index contributed by atoms with van der Waals surface area (Å²) >= 11 is 11.9. The lowest BCUT2D eigenvalue weighted by Crippen LogP contribution is -1.99. The predicted octanol–water partition coefficient (Wildman–Crippen LogP) is 4.43. The summed E-state index contributed by atoms with van der Waals surface area (Å²) < 4.78 is 12.7. The first-order chi connectivity index (χ1) is 6.63. The first-order valence-corrected chi connectivity index (χ1v) is 5.53. The standard InChI is InChI=1S/C11H13Cl2F/c1-2-9(12)5-3-8-4-6-10(14)7-11(8)13/h4,6-7,9H,2-3,5H2,1H3. The highest BCUT2D eigenvalue weighted by Gasteiger charge is 2.05. The topological polar surface area (TPSA) is 0 Å². The smallest absolute Gasteiger partial charge is 0.124 e. The highest BCUT2D eigenvalue weighted by atomic mass is 35.5. The number of rotatable bonds is 4. The van der Waals surface area contributed by atoms with Crippen molar-refractivity contribution in [1.29, 1.82) is 0 Å². The van der Waals surface area contributed by atoms with E-state index in [9.17, 15) is 4.39 Å². The molecule has 0 spiro atoms. The quantitative estimate of drug-likeness (QED) is 0.677. The fraction of sp³-hybridized carbons (Fsp3) is 0.455. The van der Waals surface area contributed by atoms with Gasteiger partial charge in [0.2, 0.25) is 0 Å². The van der Waals surface area contributed by atoms with Gasteiger partial charge in [0.1, 0.15) is 5.82 Å². The van der Waals surface area contributed by atoms with Gasteiger partial charge in [-0.2, -0.15) is 0 Å². The molecule has 0 bridgehead atoms. The normalized spacial score (nSPS) is 12.9. The van der Waals surface area contributed by atoms with Crippen molar-refractivity contribution in [3.05, 3.63) is 34.6 Å². The Morgan fingerprint density at radius 2 is 2.14 bits per heavy atom. The minimum atomic E-state index is -0.295. The Morgan fingerprint density at radius 3 is 2.71 bits per heavy atom. The zero-order chi connectivity index (χ0) is 10.6. The van der Waals surface area contributed by atoms with E-state index in [-0.39, 0.29) is 11.2 Å². The van der Waals surface area contributed by atoms with Crippen LogP contribution in [0.5, 0.6) is 0 Å². The summed E-state index contributed by atoms with van der Waals surface area (Å²) in [5.41, 5.74) is 0.965. The summed E-state index contributed by atoms with van der Waals surface area (Å²) in [5.74, 6) is -0.295. The minimum absolute atomic E-state index is 0.177. The maximum Gasteiger partial charge on any atom is 0.124 e. The molecule has 1 aromatic carbocycles. The average molecular weight is 235 g/mol. The molecule has 0 saturated carbocycles. The van der Waals surface area contributed by atoms with Gasteiger partial charge < -0.3 is 0 Å². The van der Waals surface area contributed by atoms with Crippen molar-refractivity contribution in [3.63, 3.8) is 0 Å². The van der Waals surface area contributed by atoms with Crippen molar-refractivity contribution in [1.82, 2.24) is 0 Å². The van der Waals surface area contributed by atoms with E-state index in [1.54, 1.807) is 6.07 Å². The van der Waals surface area contributed by atoms with Gasteiger partial charge in [0.05, 0.1) is 0 Å². The Labute approximate surface area is 94.0 Å². The SMILES string of the molecule is CCC(Cl)CCc1ccc(F)cc1Cl. The molecule has 3 heteroatoms. The molecule has 1 atom stereocenters. The third-order valence-electron chi connectivity index (χ3n) is 2.18. The van der Waals surface area contributed by atoms with Crippen molar-refractivity contribution in [2.75, 3.05) is 0 Å². The Hall–Kier alpha value is -0.270. The second-order valence-corrected chi connectivity index (χ2v) is 4.30. The molecule has 0 fully saturated rings. The molecule has 0 N–H and O–H groups in total. The lowest BCUT2D eigenvalue weighted by molar-refractivity contribution is 0.626. The average Bonchev–Trinajstić information content (AvgIpc) is 2.16. The van der Waals surface area contributed by atoms with E-state index < -0.39 is 0 Å². The molecule has 0 amide bonds. The van der Waals surface area contributed by atoms with E-state index in [0.29, 0.717) is 5.02 Å². The Bertz CT molecular complexity index is 299. The Morgan fingerprint density at radius 1 is 1.43 bits per heavy atom. The van der Waals surface area contributed by atoms with E-state index in [2.05, 4.69) is 0 Å². The van der Waals surface area contributed by atoms with Crippen molar-refractivity contribution >= 4 is 23.2 Å². The van der Waals surface area contributed by atoms with Crippen LogP contribution in [0, 0.1) is 5.82 Å². The molecular weight excluding hydrogens is 222 g/mol. The Balaban J connectivity index is 2.59. The molecule has 0 aliphatic heterocycles. The molecule has 0 heterocycles. The van der Waals surface area contributed by atoms with Crippen LogP contribution in [0.15, 0.2) is 18.2 Å². The van der Waals surface area contributed by atoms with Gasteiger partial charge in [0.25, 0.3) is 0 Å². The summed E-state index contributed by atoms with van der Waals surface area (Å²) in [6.07, 6.45) is 2.63. The van der Waals surface area contributed by atoms with Crippen LogP contribution in [-0.4, -0.2) is 5.38 Å². The first-order valence-electron chi connectivity index (χ1n) is 4.71. The predicted molar refractivity (Wildman–Crippen MR) is 59.7 cm³/mol. The van der Waals surface area contributed by atoms with Crippen LogP contribution in [0.2, 0.25) is 5.02 Å². The number of hydrogen-bond donors (Lipinski definition) is 0. The van der Waals surface area contributed by atoms with E-state index in [0.717, 1.165) is 24.8 Å². The molecule has 78 valence electrons. The van der Waals surface area contributed by atoms with Crippen LogP contribution >= 0.6 is 23.2 Å². The van der Waals surface area contributed by atoms with Gasteiger partial charge in [0.15, 0.2) is 0 Å². The van der Waals surface area contributed by atoms with Gasteiger partial charge in [-0.1, -0.05) is 24.6 Å². The maximum absolute atomic E-state index is 12.7. The van der Waals surface area contributed by atoms with E-state index >= 15 is 0 Å². The molecule has 1 aromatic rings. The number of alkyl halides is 1. The third-order valence-corrected chi connectivity index (χ3v) is 3.06. The molecule has 14 heavy (non-hydrogen) atoms. The third kappa shape index (κ3) is 3.47. The van der Waals surface area contributed by atoms with Crippen LogP contribution < -0.4 is 0 Å². The number of halogens is 3. The van der Waals surface area contributed by atoms with E-state index in [1.165, 1.54) is 12.1 Å². The van der Waals surface area contributed by atoms with Crippen molar-refractivity contribution in [3.8, 4) is 0 Å². The fourth-order valence-electron chi connectivity index (χ4n) is 1.24. The highest BCUT2D eigenvalue weighted by Crippen LogP contribution is 2.20. The fourth-order valence-corrected chi connectivity index (χ4v) is 1.61. The number of aryl methyl sites for hydroxylation is 1. The van der Waals surface area contributed by atoms with Gasteiger partial charge in [-0.25, -0.2) is 4.39 Å². The van der Waals surface area contributed by atoms with Crippen LogP contribution in [0.3, 0.4) is 0 Å². The molecule has 0 radical (unpaired) electrons. The first kappa shape index (κ1) is 11.8. The summed E-state index contributed by atoms with van der Waals surface area (Å²) in [7, 11) is 0. The molecule has 1 rings (SSSR count). The van der Waals surface area contributed by atoms with Crippen LogP contribution in [-0.2, 0) is 6.42 Å². The van der Waals surface area contributed by atoms with Gasteiger partial charge in [-0.3, -0.25) is 0 Å². The molecule has 0 aliphatic carbocycles. The van der Waals surface area contributed by atoms with E-state index in [4.69, 9.17) is 23.2 Å². The zero-order valence-corrected chi connectivity index (χ0v) is 9.58. The highest BCUT2D eigenvalue weighted by molar-refractivity contribution is 6.31. The minimum Gasteiger partial charge on any atom is -0.207 e. The number of benzene rings is 1. The van der Waals surface area contributed by atoms with Crippen LogP contribution in [0.25, 0.3) is 0 Å². The second-order valence-electron chi connectivity index (χ2n) is 3.28. The van der Waals surface area contributed by atoms with Gasteiger partial charge in [-0.05, 0) is 37.0 Å². The maximum atomic E-state index is 12.7. The van der Waals surface area contributed by atoms with E-state index in [1.807, 2.05) is 6.92 Å². The molecule has 0 aliphatic rings. The van der Waals surface area contributed by atoms with Crippen molar-refractivity contribution < 1.29 is 4.39 Å². The van der Waals surface area contributed by atoms with Crippen LogP contribution in [0.4, 0.5) is 4.39 Å². The summed E-state index contributed by atoms with van der Waals surface area (Å²) in [6.45, 7) is 2.05. The Kier molecular flexibility index (Phi) is 4.70. The lowest BCUT2D eigenvalue weighted by Gasteiger charge is -2.07.